The quantitative estimate of drug-likeness (QED) is 0.832. The minimum Gasteiger partial charge on any atom is -0.467 e. The molecular weight excluding hydrogens is 253 g/mol. The third-order valence-electron chi connectivity index (χ3n) is 2.00. The number of hydrogen-bond acceptors (Lipinski definition) is 4. The number of aliphatic hydroxyl groups is 1. The predicted molar refractivity (Wildman–Crippen MR) is 56.3 cm³/mol. The van der Waals surface area contributed by atoms with Crippen molar-refractivity contribution in [3.8, 4) is 11.5 Å². The van der Waals surface area contributed by atoms with Crippen molar-refractivity contribution < 1.29 is 32.5 Å². The molecule has 1 aromatic carbocycles. The molecular formula is C11H13F3O4. The summed E-state index contributed by atoms with van der Waals surface area (Å²) in [6.07, 6.45) is -5.76. The summed E-state index contributed by atoms with van der Waals surface area (Å²) >= 11 is 0. The van der Waals surface area contributed by atoms with Crippen molar-refractivity contribution in [2.45, 2.75) is 19.4 Å². The van der Waals surface area contributed by atoms with Crippen LogP contribution in [0.5, 0.6) is 11.5 Å². The van der Waals surface area contributed by atoms with Crippen molar-refractivity contribution in [3.05, 3.63) is 23.8 Å². The van der Waals surface area contributed by atoms with Gasteiger partial charge >= 0.3 is 6.36 Å². The molecule has 0 bridgehead atoms. The molecule has 1 unspecified atom stereocenters. The third-order valence-corrected chi connectivity index (χ3v) is 2.00. The lowest BCUT2D eigenvalue weighted by Gasteiger charge is -2.15. The molecule has 1 atom stereocenters. The van der Waals surface area contributed by atoms with Crippen molar-refractivity contribution >= 4 is 0 Å². The lowest BCUT2D eigenvalue weighted by molar-refractivity contribution is -0.274. The fourth-order valence-electron chi connectivity index (χ4n) is 1.30. The molecule has 7 heteroatoms. The molecule has 1 rings (SSSR count). The largest absolute Gasteiger partial charge is 0.573 e. The van der Waals surface area contributed by atoms with E-state index in [1.165, 1.54) is 20.1 Å². The maximum absolute atomic E-state index is 12.0. The summed E-state index contributed by atoms with van der Waals surface area (Å²) in [6.45, 7) is 1.34. The van der Waals surface area contributed by atoms with Crippen LogP contribution in [-0.4, -0.2) is 25.4 Å². The first-order chi connectivity index (χ1) is 8.33. The highest BCUT2D eigenvalue weighted by Crippen LogP contribution is 2.31. The molecule has 0 aromatic heterocycles. The van der Waals surface area contributed by atoms with Gasteiger partial charge in [-0.05, 0) is 25.1 Å². The Bertz CT molecular complexity index is 390. The number of methoxy groups -OCH3 is 1. The lowest BCUT2D eigenvalue weighted by Crippen LogP contribution is -2.17. The minimum atomic E-state index is -4.77. The number of aliphatic hydroxyl groups excluding tert-OH is 1. The Balaban J connectivity index is 2.96. The van der Waals surface area contributed by atoms with Crippen LogP contribution in [0.2, 0.25) is 0 Å². The van der Waals surface area contributed by atoms with Crippen LogP contribution in [0.1, 0.15) is 18.6 Å². The van der Waals surface area contributed by atoms with Gasteiger partial charge < -0.3 is 19.3 Å². The highest BCUT2D eigenvalue weighted by molar-refractivity contribution is 5.41. The van der Waals surface area contributed by atoms with Crippen molar-refractivity contribution in [1.82, 2.24) is 0 Å². The molecule has 18 heavy (non-hydrogen) atoms. The number of halogens is 3. The summed E-state index contributed by atoms with van der Waals surface area (Å²) in [5.41, 5.74) is 0.189. The maximum Gasteiger partial charge on any atom is 0.573 e. The molecule has 0 radical (unpaired) electrons. The highest BCUT2D eigenvalue weighted by atomic mass is 19.4. The van der Waals surface area contributed by atoms with Crippen LogP contribution >= 0.6 is 0 Å². The van der Waals surface area contributed by atoms with Crippen molar-refractivity contribution in [2.24, 2.45) is 0 Å². The Hall–Kier alpha value is -1.47. The Morgan fingerprint density at radius 1 is 1.33 bits per heavy atom. The van der Waals surface area contributed by atoms with Crippen molar-refractivity contribution in [2.75, 3.05) is 13.9 Å². The van der Waals surface area contributed by atoms with Crippen molar-refractivity contribution in [3.63, 3.8) is 0 Å². The molecule has 0 saturated carbocycles. The number of rotatable bonds is 5. The van der Waals surface area contributed by atoms with Crippen LogP contribution in [0.15, 0.2) is 18.2 Å². The number of alkyl halides is 3. The van der Waals surface area contributed by atoms with Gasteiger partial charge in [-0.15, -0.1) is 13.2 Å². The van der Waals surface area contributed by atoms with Crippen LogP contribution in [-0.2, 0) is 4.74 Å². The molecule has 0 aliphatic heterocycles. The fraction of sp³-hybridized carbons (Fsp3) is 0.455. The smallest absolute Gasteiger partial charge is 0.467 e. The summed E-state index contributed by atoms with van der Waals surface area (Å²) in [4.78, 5) is 0. The molecule has 1 aromatic rings. The minimum absolute atomic E-state index is 0.0702. The molecule has 0 aliphatic rings. The molecule has 0 spiro atoms. The Morgan fingerprint density at radius 3 is 2.50 bits per heavy atom. The first-order valence-corrected chi connectivity index (χ1v) is 5.03. The average Bonchev–Trinajstić information content (AvgIpc) is 2.25. The summed E-state index contributed by atoms with van der Waals surface area (Å²) < 4.78 is 49.7. The second-order valence-corrected chi connectivity index (χ2v) is 3.47. The monoisotopic (exact) mass is 266 g/mol. The molecule has 0 heterocycles. The van der Waals surface area contributed by atoms with Gasteiger partial charge in [-0.2, -0.15) is 0 Å². The average molecular weight is 266 g/mol. The lowest BCUT2D eigenvalue weighted by atomic mass is 10.1. The van der Waals surface area contributed by atoms with E-state index in [9.17, 15) is 18.3 Å². The van der Waals surface area contributed by atoms with E-state index in [-0.39, 0.29) is 18.1 Å². The molecule has 0 fully saturated rings. The summed E-state index contributed by atoms with van der Waals surface area (Å²) in [5.74, 6) is -0.176. The van der Waals surface area contributed by atoms with Gasteiger partial charge in [0.25, 0.3) is 0 Å². The fourth-order valence-corrected chi connectivity index (χ4v) is 1.30. The zero-order valence-electron chi connectivity index (χ0n) is 9.82. The SMILES string of the molecule is COCOc1ccc(OC(F)(F)F)cc1C(C)O. The molecule has 0 aliphatic carbocycles. The predicted octanol–water partition coefficient (Wildman–Crippen LogP) is 2.62. The zero-order chi connectivity index (χ0) is 13.8. The zero-order valence-corrected chi connectivity index (χ0v) is 9.82. The van der Waals surface area contributed by atoms with Crippen LogP contribution in [0.3, 0.4) is 0 Å². The number of benzene rings is 1. The summed E-state index contributed by atoms with van der Waals surface area (Å²) in [6, 6.07) is 3.45. The first-order valence-electron chi connectivity index (χ1n) is 5.03. The van der Waals surface area contributed by atoms with Gasteiger partial charge in [-0.1, -0.05) is 0 Å². The van der Waals surface area contributed by atoms with Gasteiger partial charge in [0.2, 0.25) is 0 Å². The van der Waals surface area contributed by atoms with E-state index in [2.05, 4.69) is 9.47 Å². The van der Waals surface area contributed by atoms with Gasteiger partial charge in [0.15, 0.2) is 6.79 Å². The second-order valence-electron chi connectivity index (χ2n) is 3.47. The van der Waals surface area contributed by atoms with Crippen LogP contribution in [0.4, 0.5) is 13.2 Å². The Morgan fingerprint density at radius 2 is 2.00 bits per heavy atom. The van der Waals surface area contributed by atoms with E-state index >= 15 is 0 Å². The normalized spacial score (nSPS) is 13.2. The molecule has 0 amide bonds. The standard InChI is InChI=1S/C11H13F3O4/c1-7(15)9-5-8(18-11(12,13)14)3-4-10(9)17-6-16-2/h3-5,7,15H,6H2,1-2H3. The molecule has 0 saturated heterocycles. The third kappa shape index (κ3) is 4.42. The summed E-state index contributed by atoms with van der Waals surface area (Å²) in [7, 11) is 1.41. The number of hydrogen-bond donors (Lipinski definition) is 1. The van der Waals surface area contributed by atoms with Gasteiger partial charge in [-0.25, -0.2) is 0 Å². The number of ether oxygens (including phenoxy) is 3. The van der Waals surface area contributed by atoms with E-state index in [0.717, 1.165) is 12.1 Å². The van der Waals surface area contributed by atoms with Crippen LogP contribution in [0.25, 0.3) is 0 Å². The van der Waals surface area contributed by atoms with E-state index in [1.54, 1.807) is 0 Å². The van der Waals surface area contributed by atoms with Gasteiger partial charge in [0.1, 0.15) is 11.5 Å². The first kappa shape index (κ1) is 14.6. The van der Waals surface area contributed by atoms with E-state index in [4.69, 9.17) is 4.74 Å². The summed E-state index contributed by atoms with van der Waals surface area (Å²) in [5, 5.41) is 9.47. The van der Waals surface area contributed by atoms with E-state index in [0.29, 0.717) is 0 Å². The van der Waals surface area contributed by atoms with E-state index < -0.39 is 18.2 Å². The maximum atomic E-state index is 12.0. The second kappa shape index (κ2) is 5.92. The topological polar surface area (TPSA) is 47.9 Å². The Kier molecular flexibility index (Phi) is 4.80. The molecule has 1 N–H and O–H groups in total. The van der Waals surface area contributed by atoms with Gasteiger partial charge in [0.05, 0.1) is 6.10 Å². The van der Waals surface area contributed by atoms with E-state index in [1.807, 2.05) is 0 Å². The van der Waals surface area contributed by atoms with Crippen molar-refractivity contribution in [1.29, 1.82) is 0 Å². The molecule has 102 valence electrons. The van der Waals surface area contributed by atoms with Crippen LogP contribution < -0.4 is 9.47 Å². The van der Waals surface area contributed by atoms with Gasteiger partial charge in [0, 0.05) is 12.7 Å². The Labute approximate surface area is 102 Å². The van der Waals surface area contributed by atoms with Gasteiger partial charge in [-0.3, -0.25) is 0 Å². The molecule has 4 nitrogen and oxygen atoms in total. The highest BCUT2D eigenvalue weighted by Gasteiger charge is 2.31. The van der Waals surface area contributed by atoms with Crippen LogP contribution in [0, 0.1) is 0 Å².